The van der Waals surface area contributed by atoms with Crippen LogP contribution in [0, 0.1) is 0 Å². The van der Waals surface area contributed by atoms with E-state index in [4.69, 9.17) is 28.9 Å². The Hall–Kier alpha value is -0.720. The quantitative estimate of drug-likeness (QED) is 0.910. The highest BCUT2D eigenvalue weighted by atomic mass is 35.5. The number of hydrogen-bond acceptors (Lipinski definition) is 5. The molecule has 1 aromatic rings. The number of nitrogens with zero attached hydrogens (tertiary/aromatic N) is 2. The summed E-state index contributed by atoms with van der Waals surface area (Å²) >= 11 is 11.7. The lowest BCUT2D eigenvalue weighted by molar-refractivity contribution is 0.601. The van der Waals surface area contributed by atoms with Gasteiger partial charge in [-0.05, 0) is 6.07 Å². The first kappa shape index (κ1) is 14.3. The van der Waals surface area contributed by atoms with Crippen LogP contribution in [0.15, 0.2) is 6.07 Å². The summed E-state index contributed by atoms with van der Waals surface area (Å²) in [5.41, 5.74) is 5.56. The van der Waals surface area contributed by atoms with Gasteiger partial charge in [-0.1, -0.05) is 23.2 Å². The van der Waals surface area contributed by atoms with Gasteiger partial charge in [0, 0.05) is 19.8 Å². The Morgan fingerprint density at radius 1 is 1.41 bits per heavy atom. The molecule has 0 aliphatic carbocycles. The summed E-state index contributed by atoms with van der Waals surface area (Å²) in [4.78, 5) is 5.64. The summed E-state index contributed by atoms with van der Waals surface area (Å²) in [6.07, 6.45) is 1.17. The maximum absolute atomic E-state index is 11.0. The van der Waals surface area contributed by atoms with Gasteiger partial charge >= 0.3 is 0 Å². The molecule has 0 saturated carbocycles. The first-order chi connectivity index (χ1) is 7.70. The lowest BCUT2D eigenvalue weighted by Gasteiger charge is -2.19. The van der Waals surface area contributed by atoms with Crippen LogP contribution < -0.4 is 10.6 Å². The molecule has 0 unspecified atom stereocenters. The number of hydrogen-bond donors (Lipinski definition) is 1. The molecule has 1 rings (SSSR count). The molecular formula is C9H13Cl2N3O2S. The maximum Gasteiger partial charge on any atom is 0.149 e. The molecule has 17 heavy (non-hydrogen) atoms. The number of rotatable bonds is 4. The molecule has 96 valence electrons. The van der Waals surface area contributed by atoms with Crippen molar-refractivity contribution in [1.82, 2.24) is 4.98 Å². The van der Waals surface area contributed by atoms with Crippen molar-refractivity contribution in [3.8, 4) is 0 Å². The number of sulfone groups is 1. The largest absolute Gasteiger partial charge is 0.382 e. The molecular weight excluding hydrogens is 285 g/mol. The Balaban J connectivity index is 2.89. The smallest absolute Gasteiger partial charge is 0.149 e. The highest BCUT2D eigenvalue weighted by Gasteiger charge is 2.13. The molecule has 0 atom stereocenters. The van der Waals surface area contributed by atoms with Crippen molar-refractivity contribution in [2.45, 2.75) is 0 Å². The second-order valence-electron chi connectivity index (χ2n) is 3.71. The topological polar surface area (TPSA) is 76.3 Å². The standard InChI is InChI=1S/C9H13Cl2N3O2S/c1-14(3-4-17(2,15)16)9-7(11)5-6(10)8(12)13-9/h5H,3-4H2,1-2H3,(H2,12,13). The summed E-state index contributed by atoms with van der Waals surface area (Å²) in [6, 6.07) is 1.48. The van der Waals surface area contributed by atoms with Crippen molar-refractivity contribution < 1.29 is 8.42 Å². The summed E-state index contributed by atoms with van der Waals surface area (Å²) in [7, 11) is -1.34. The van der Waals surface area contributed by atoms with Crippen LogP contribution in [0.1, 0.15) is 0 Å². The van der Waals surface area contributed by atoms with Gasteiger partial charge in [0.25, 0.3) is 0 Å². The van der Waals surface area contributed by atoms with E-state index < -0.39 is 9.84 Å². The predicted molar refractivity (Wildman–Crippen MR) is 71.7 cm³/mol. The Morgan fingerprint density at radius 2 is 2.00 bits per heavy atom. The molecule has 0 bridgehead atoms. The van der Waals surface area contributed by atoms with E-state index in [1.807, 2.05) is 0 Å². The maximum atomic E-state index is 11.0. The van der Waals surface area contributed by atoms with E-state index in [1.165, 1.54) is 12.3 Å². The molecule has 0 aromatic carbocycles. The third-order valence-corrected chi connectivity index (χ3v) is 3.60. The summed E-state index contributed by atoms with van der Waals surface area (Å²) in [6.45, 7) is 0.284. The van der Waals surface area contributed by atoms with Crippen LogP contribution in [0.3, 0.4) is 0 Å². The molecule has 0 amide bonds. The lowest BCUT2D eigenvalue weighted by Crippen LogP contribution is -2.26. The van der Waals surface area contributed by atoms with Crippen LogP contribution in [-0.4, -0.2) is 39.0 Å². The van der Waals surface area contributed by atoms with Crippen molar-refractivity contribution in [2.75, 3.05) is 36.2 Å². The van der Waals surface area contributed by atoms with Crippen molar-refractivity contribution in [1.29, 1.82) is 0 Å². The van der Waals surface area contributed by atoms with Gasteiger partial charge in [-0.15, -0.1) is 0 Å². The van der Waals surface area contributed by atoms with Gasteiger partial charge in [0.1, 0.15) is 21.5 Å². The van der Waals surface area contributed by atoms with E-state index in [9.17, 15) is 8.42 Å². The molecule has 0 radical (unpaired) electrons. The summed E-state index contributed by atoms with van der Waals surface area (Å²) in [5.74, 6) is 0.596. The number of pyridine rings is 1. The first-order valence-corrected chi connectivity index (χ1v) is 7.52. The third-order valence-electron chi connectivity index (χ3n) is 2.10. The minimum absolute atomic E-state index is 0.0179. The number of aromatic nitrogens is 1. The summed E-state index contributed by atoms with van der Waals surface area (Å²) in [5, 5.41) is 0.607. The second-order valence-corrected chi connectivity index (χ2v) is 6.79. The zero-order chi connectivity index (χ0) is 13.2. The Kier molecular flexibility index (Phi) is 4.46. The fourth-order valence-electron chi connectivity index (χ4n) is 1.15. The monoisotopic (exact) mass is 297 g/mol. The average molecular weight is 298 g/mol. The Morgan fingerprint density at radius 3 is 2.53 bits per heavy atom. The second kappa shape index (κ2) is 5.29. The highest BCUT2D eigenvalue weighted by molar-refractivity contribution is 7.90. The van der Waals surface area contributed by atoms with Crippen molar-refractivity contribution in [2.24, 2.45) is 0 Å². The van der Waals surface area contributed by atoms with Crippen molar-refractivity contribution in [3.63, 3.8) is 0 Å². The fourth-order valence-corrected chi connectivity index (χ4v) is 2.26. The molecule has 0 aliphatic heterocycles. The van der Waals surface area contributed by atoms with Crippen LogP contribution >= 0.6 is 23.2 Å². The molecule has 1 aromatic heterocycles. The Labute approximate surface area is 110 Å². The molecule has 5 nitrogen and oxygen atoms in total. The molecule has 1 heterocycles. The van der Waals surface area contributed by atoms with E-state index in [0.717, 1.165) is 0 Å². The van der Waals surface area contributed by atoms with Crippen LogP contribution in [0.4, 0.5) is 11.6 Å². The molecule has 0 spiro atoms. The third kappa shape index (κ3) is 4.22. The van der Waals surface area contributed by atoms with Crippen LogP contribution in [0.5, 0.6) is 0 Å². The van der Waals surface area contributed by atoms with E-state index in [-0.39, 0.29) is 23.1 Å². The zero-order valence-electron chi connectivity index (χ0n) is 9.44. The predicted octanol–water partition coefficient (Wildman–Crippen LogP) is 1.45. The number of nitrogen functional groups attached to an aromatic ring is 1. The van der Waals surface area contributed by atoms with Gasteiger partial charge < -0.3 is 10.6 Å². The molecule has 0 aliphatic rings. The number of halogens is 2. The van der Waals surface area contributed by atoms with E-state index in [0.29, 0.717) is 10.8 Å². The van der Waals surface area contributed by atoms with Gasteiger partial charge in [0.05, 0.1) is 15.8 Å². The van der Waals surface area contributed by atoms with Gasteiger partial charge in [-0.25, -0.2) is 13.4 Å². The number of anilines is 2. The normalized spacial score (nSPS) is 11.5. The van der Waals surface area contributed by atoms with Crippen molar-refractivity contribution >= 4 is 44.7 Å². The first-order valence-electron chi connectivity index (χ1n) is 4.71. The molecule has 8 heteroatoms. The minimum Gasteiger partial charge on any atom is -0.382 e. The van der Waals surface area contributed by atoms with Gasteiger partial charge in [-0.3, -0.25) is 0 Å². The molecule has 2 N–H and O–H groups in total. The fraction of sp³-hybridized carbons (Fsp3) is 0.444. The van der Waals surface area contributed by atoms with Gasteiger partial charge in [0.15, 0.2) is 0 Å². The van der Waals surface area contributed by atoms with E-state index in [2.05, 4.69) is 4.98 Å². The zero-order valence-corrected chi connectivity index (χ0v) is 11.8. The van der Waals surface area contributed by atoms with Crippen LogP contribution in [0.2, 0.25) is 10.0 Å². The molecule has 0 saturated heterocycles. The number of nitrogens with two attached hydrogens (primary N) is 1. The average Bonchev–Trinajstić information content (AvgIpc) is 2.19. The van der Waals surface area contributed by atoms with Gasteiger partial charge in [-0.2, -0.15) is 0 Å². The van der Waals surface area contributed by atoms with Crippen molar-refractivity contribution in [3.05, 3.63) is 16.1 Å². The summed E-state index contributed by atoms with van der Waals surface area (Å²) < 4.78 is 22.1. The highest BCUT2D eigenvalue weighted by Crippen LogP contribution is 2.29. The van der Waals surface area contributed by atoms with Crippen LogP contribution in [0.25, 0.3) is 0 Å². The van der Waals surface area contributed by atoms with Crippen LogP contribution in [-0.2, 0) is 9.84 Å². The minimum atomic E-state index is -3.03. The van der Waals surface area contributed by atoms with Gasteiger partial charge in [0.2, 0.25) is 0 Å². The van der Waals surface area contributed by atoms with E-state index >= 15 is 0 Å². The van der Waals surface area contributed by atoms with E-state index in [1.54, 1.807) is 11.9 Å². The Bertz CT molecular complexity index is 519. The SMILES string of the molecule is CN(CCS(C)(=O)=O)c1nc(N)c(Cl)cc1Cl. The molecule has 0 fully saturated rings. The lowest BCUT2D eigenvalue weighted by atomic mass is 10.4.